The van der Waals surface area contributed by atoms with Gasteiger partial charge in [-0.05, 0) is 25.0 Å². The zero-order chi connectivity index (χ0) is 13.8. The minimum absolute atomic E-state index is 0.0243. The maximum Gasteiger partial charge on any atom is 0.226 e. The van der Waals surface area contributed by atoms with Gasteiger partial charge in [-0.25, -0.2) is 4.98 Å². The van der Waals surface area contributed by atoms with Gasteiger partial charge in [-0.3, -0.25) is 4.79 Å². The van der Waals surface area contributed by atoms with Crippen molar-refractivity contribution < 1.29 is 4.79 Å². The van der Waals surface area contributed by atoms with E-state index in [0.29, 0.717) is 12.1 Å². The van der Waals surface area contributed by atoms with Crippen molar-refractivity contribution in [3.05, 3.63) is 23.9 Å². The van der Waals surface area contributed by atoms with Crippen molar-refractivity contribution in [3.63, 3.8) is 0 Å². The van der Waals surface area contributed by atoms with Crippen molar-refractivity contribution in [2.75, 3.05) is 32.1 Å². The number of anilines is 1. The summed E-state index contributed by atoms with van der Waals surface area (Å²) in [5.74, 6) is 0.979. The van der Waals surface area contributed by atoms with Crippen LogP contribution >= 0.6 is 0 Å². The van der Waals surface area contributed by atoms with Crippen LogP contribution in [-0.2, 0) is 4.79 Å². The van der Waals surface area contributed by atoms with Crippen molar-refractivity contribution in [1.29, 1.82) is 5.26 Å². The Balaban J connectivity index is 2.13. The van der Waals surface area contributed by atoms with Gasteiger partial charge in [0, 0.05) is 33.4 Å². The lowest BCUT2D eigenvalue weighted by molar-refractivity contribution is -0.133. The zero-order valence-electron chi connectivity index (χ0n) is 11.3. The van der Waals surface area contributed by atoms with Gasteiger partial charge in [0.1, 0.15) is 5.82 Å². The number of nitrogens with zero attached hydrogens (tertiary/aromatic N) is 4. The second-order valence-corrected chi connectivity index (χ2v) is 5.03. The molecule has 2 heterocycles. The van der Waals surface area contributed by atoms with Crippen LogP contribution in [0.2, 0.25) is 0 Å². The summed E-state index contributed by atoms with van der Waals surface area (Å²) in [5, 5.41) is 8.92. The molecule has 1 atom stereocenters. The number of hydrogen-bond acceptors (Lipinski definition) is 4. The second-order valence-electron chi connectivity index (χ2n) is 5.03. The molecular weight excluding hydrogens is 240 g/mol. The lowest BCUT2D eigenvalue weighted by Gasteiger charge is -2.34. The van der Waals surface area contributed by atoms with Gasteiger partial charge in [-0.1, -0.05) is 0 Å². The largest absolute Gasteiger partial charge is 0.356 e. The monoisotopic (exact) mass is 258 g/mol. The van der Waals surface area contributed by atoms with Gasteiger partial charge in [0.2, 0.25) is 5.91 Å². The first-order chi connectivity index (χ1) is 9.11. The molecule has 0 bridgehead atoms. The molecule has 1 aliphatic rings. The Labute approximate surface area is 113 Å². The summed E-state index contributed by atoms with van der Waals surface area (Å²) < 4.78 is 0. The number of carbonyl (C=O) groups excluding carboxylic acids is 1. The lowest BCUT2D eigenvalue weighted by atomic mass is 9.96. The molecule has 1 aliphatic heterocycles. The number of carbonyl (C=O) groups is 1. The predicted octanol–water partition coefficient (Wildman–Crippen LogP) is 1.26. The minimum atomic E-state index is 0.0243. The fraction of sp³-hybridized carbons (Fsp3) is 0.500. The van der Waals surface area contributed by atoms with Gasteiger partial charge in [-0.2, -0.15) is 5.26 Å². The molecule has 0 radical (unpaired) electrons. The van der Waals surface area contributed by atoms with E-state index < -0.39 is 0 Å². The third kappa shape index (κ3) is 3.02. The van der Waals surface area contributed by atoms with Crippen molar-refractivity contribution in [3.8, 4) is 6.07 Å². The first kappa shape index (κ1) is 13.3. The lowest BCUT2D eigenvalue weighted by Crippen LogP contribution is -2.43. The molecule has 0 spiro atoms. The third-order valence-electron chi connectivity index (χ3n) is 3.41. The van der Waals surface area contributed by atoms with E-state index in [0.717, 1.165) is 25.2 Å². The quantitative estimate of drug-likeness (QED) is 0.801. The van der Waals surface area contributed by atoms with Crippen molar-refractivity contribution in [2.24, 2.45) is 5.92 Å². The number of aromatic nitrogens is 1. The summed E-state index contributed by atoms with van der Waals surface area (Å²) in [6, 6.07) is 5.59. The van der Waals surface area contributed by atoms with E-state index in [1.807, 2.05) is 0 Å². The highest BCUT2D eigenvalue weighted by Crippen LogP contribution is 2.23. The number of amides is 1. The van der Waals surface area contributed by atoms with E-state index in [4.69, 9.17) is 5.26 Å². The van der Waals surface area contributed by atoms with Crippen LogP contribution in [0.3, 0.4) is 0 Å². The van der Waals surface area contributed by atoms with E-state index in [2.05, 4.69) is 16.0 Å². The fourth-order valence-corrected chi connectivity index (χ4v) is 2.41. The SMILES string of the molecule is CN(C)C(=O)C1CCCN(c2cc(C#N)ccn2)C1. The van der Waals surface area contributed by atoms with Crippen LogP contribution in [-0.4, -0.2) is 43.0 Å². The molecule has 0 N–H and O–H groups in total. The number of rotatable bonds is 2. The Bertz CT molecular complexity index is 506. The summed E-state index contributed by atoms with van der Waals surface area (Å²) >= 11 is 0. The van der Waals surface area contributed by atoms with Crippen molar-refractivity contribution in [1.82, 2.24) is 9.88 Å². The summed E-state index contributed by atoms with van der Waals surface area (Å²) in [7, 11) is 3.58. The molecule has 1 fully saturated rings. The Morgan fingerprint density at radius 2 is 2.37 bits per heavy atom. The fourth-order valence-electron chi connectivity index (χ4n) is 2.41. The highest BCUT2D eigenvalue weighted by atomic mass is 16.2. The first-order valence-electron chi connectivity index (χ1n) is 6.44. The van der Waals surface area contributed by atoms with E-state index in [1.54, 1.807) is 37.3 Å². The molecule has 5 nitrogen and oxygen atoms in total. The van der Waals surface area contributed by atoms with Gasteiger partial charge in [0.15, 0.2) is 0 Å². The first-order valence-corrected chi connectivity index (χ1v) is 6.44. The topological polar surface area (TPSA) is 60.2 Å². The smallest absolute Gasteiger partial charge is 0.226 e. The average Bonchev–Trinajstić information content (AvgIpc) is 2.46. The zero-order valence-corrected chi connectivity index (χ0v) is 11.3. The minimum Gasteiger partial charge on any atom is -0.356 e. The van der Waals surface area contributed by atoms with Gasteiger partial charge in [0.25, 0.3) is 0 Å². The number of hydrogen-bond donors (Lipinski definition) is 0. The summed E-state index contributed by atoms with van der Waals surface area (Å²) in [5.41, 5.74) is 0.603. The number of nitriles is 1. The van der Waals surface area contributed by atoms with Crippen LogP contribution in [0.5, 0.6) is 0 Å². The standard InChI is InChI=1S/C14H18N4O/c1-17(2)14(19)12-4-3-7-18(10-12)13-8-11(9-15)5-6-16-13/h5-6,8,12H,3-4,7,10H2,1-2H3. The molecule has 1 aromatic heterocycles. The van der Waals surface area contributed by atoms with Crippen LogP contribution in [0.1, 0.15) is 18.4 Å². The average molecular weight is 258 g/mol. The Hall–Kier alpha value is -2.09. The van der Waals surface area contributed by atoms with E-state index in [9.17, 15) is 4.79 Å². The van der Waals surface area contributed by atoms with E-state index >= 15 is 0 Å². The van der Waals surface area contributed by atoms with E-state index in [1.165, 1.54) is 0 Å². The Morgan fingerprint density at radius 3 is 3.05 bits per heavy atom. The number of pyridine rings is 1. The summed E-state index contributed by atoms with van der Waals surface area (Å²) in [6.45, 7) is 1.57. The van der Waals surface area contributed by atoms with Crippen LogP contribution < -0.4 is 4.90 Å². The molecule has 5 heteroatoms. The van der Waals surface area contributed by atoms with Gasteiger partial charge in [-0.15, -0.1) is 0 Å². The van der Waals surface area contributed by atoms with Crippen LogP contribution in [0, 0.1) is 17.2 Å². The van der Waals surface area contributed by atoms with E-state index in [-0.39, 0.29) is 11.8 Å². The molecule has 19 heavy (non-hydrogen) atoms. The molecule has 0 aromatic carbocycles. The highest BCUT2D eigenvalue weighted by Gasteiger charge is 2.27. The molecule has 1 unspecified atom stereocenters. The summed E-state index contributed by atoms with van der Waals surface area (Å²) in [6.07, 6.45) is 3.54. The second kappa shape index (κ2) is 5.70. The molecule has 100 valence electrons. The van der Waals surface area contributed by atoms with Crippen molar-refractivity contribution >= 4 is 11.7 Å². The van der Waals surface area contributed by atoms with Crippen LogP contribution in [0.4, 0.5) is 5.82 Å². The molecule has 0 aliphatic carbocycles. The van der Waals surface area contributed by atoms with Crippen LogP contribution in [0.25, 0.3) is 0 Å². The van der Waals surface area contributed by atoms with Crippen molar-refractivity contribution in [2.45, 2.75) is 12.8 Å². The Kier molecular flexibility index (Phi) is 4.00. The normalized spacial score (nSPS) is 18.8. The van der Waals surface area contributed by atoms with Gasteiger partial charge in [0.05, 0.1) is 17.6 Å². The predicted molar refractivity (Wildman–Crippen MR) is 72.6 cm³/mol. The maximum absolute atomic E-state index is 12.0. The molecular formula is C14H18N4O. The third-order valence-corrected chi connectivity index (χ3v) is 3.41. The maximum atomic E-state index is 12.0. The number of piperidine rings is 1. The molecule has 1 amide bonds. The Morgan fingerprint density at radius 1 is 1.58 bits per heavy atom. The highest BCUT2D eigenvalue weighted by molar-refractivity contribution is 5.79. The molecule has 1 aromatic rings. The molecule has 0 saturated carbocycles. The van der Waals surface area contributed by atoms with Gasteiger partial charge < -0.3 is 9.80 Å². The van der Waals surface area contributed by atoms with Crippen LogP contribution in [0.15, 0.2) is 18.3 Å². The molecule has 2 rings (SSSR count). The molecule has 1 saturated heterocycles. The van der Waals surface area contributed by atoms with Gasteiger partial charge >= 0.3 is 0 Å². The summed E-state index contributed by atoms with van der Waals surface area (Å²) in [4.78, 5) is 20.1.